The van der Waals surface area contributed by atoms with Gasteiger partial charge in [0.05, 0.1) is 30.5 Å². The van der Waals surface area contributed by atoms with E-state index in [0.29, 0.717) is 18.8 Å². The van der Waals surface area contributed by atoms with Gasteiger partial charge in [0, 0.05) is 19.5 Å². The second-order valence-corrected chi connectivity index (χ2v) is 7.97. The minimum atomic E-state index is -3.78. The highest BCUT2D eigenvalue weighted by molar-refractivity contribution is 5.94. The lowest BCUT2D eigenvalue weighted by atomic mass is 9.79. The summed E-state index contributed by atoms with van der Waals surface area (Å²) < 4.78 is 0. The number of hydrogen-bond acceptors (Lipinski definition) is 12. The molecule has 1 saturated heterocycles. The highest BCUT2D eigenvalue weighted by Gasteiger charge is 2.72. The summed E-state index contributed by atoms with van der Waals surface area (Å²) in [7, 11) is 3.17. The summed E-state index contributed by atoms with van der Waals surface area (Å²) in [5.74, 6) is -13.1. The standard InChI is InChI=1S/C17H26N6O7/c1-9-12(22(3)14-10-5-7-19-13(10)20-8-21(14)2)16(27,28)23(11(24)4-6-18)17(29,30)15(9,25)26/h8-10,12,14,25-30H,4-5,7H2,1-3H3. The molecule has 13 heteroatoms. The third-order valence-electron chi connectivity index (χ3n) is 6.17. The highest BCUT2D eigenvalue weighted by atomic mass is 16.6. The molecule has 166 valence electrons. The van der Waals surface area contributed by atoms with Crippen molar-refractivity contribution in [3.63, 3.8) is 0 Å². The van der Waals surface area contributed by atoms with E-state index in [0.717, 1.165) is 0 Å². The molecule has 0 aromatic heterocycles. The van der Waals surface area contributed by atoms with E-state index in [4.69, 9.17) is 5.26 Å². The van der Waals surface area contributed by atoms with Crippen molar-refractivity contribution in [2.75, 3.05) is 20.6 Å². The van der Waals surface area contributed by atoms with E-state index in [1.54, 1.807) is 11.9 Å². The molecule has 0 aromatic carbocycles. The number of piperidine rings is 1. The van der Waals surface area contributed by atoms with Crippen molar-refractivity contribution in [2.45, 2.75) is 49.6 Å². The van der Waals surface area contributed by atoms with Gasteiger partial charge in [-0.05, 0) is 13.5 Å². The van der Waals surface area contributed by atoms with Crippen molar-refractivity contribution in [2.24, 2.45) is 21.8 Å². The third kappa shape index (κ3) is 3.00. The molecule has 4 atom stereocenters. The molecule has 30 heavy (non-hydrogen) atoms. The fraction of sp³-hybridized carbons (Fsp3) is 0.765. The average molecular weight is 426 g/mol. The predicted octanol–water partition coefficient (Wildman–Crippen LogP) is -3.65. The fourth-order valence-electron chi connectivity index (χ4n) is 4.74. The summed E-state index contributed by atoms with van der Waals surface area (Å²) in [5.41, 5.74) is 0. The van der Waals surface area contributed by atoms with Gasteiger partial charge in [-0.1, -0.05) is 6.92 Å². The number of nitrogens with zero attached hydrogens (tertiary/aromatic N) is 6. The van der Waals surface area contributed by atoms with Crippen LogP contribution < -0.4 is 0 Å². The van der Waals surface area contributed by atoms with Gasteiger partial charge in [0.15, 0.2) is 0 Å². The molecule has 0 radical (unpaired) electrons. The molecule has 1 fully saturated rings. The number of fused-ring (bicyclic) bond motifs is 1. The topological polar surface area (TPSA) is 197 Å². The van der Waals surface area contributed by atoms with Crippen LogP contribution in [-0.4, -0.2) is 114 Å². The van der Waals surface area contributed by atoms with Crippen LogP contribution in [0.5, 0.6) is 0 Å². The molecule has 0 saturated carbocycles. The SMILES string of the molecule is CC1C(N(C)C2C3CCN=C3N=CN2C)C(O)(O)N(C(=O)CC#N)C(O)(O)C1(O)O. The summed E-state index contributed by atoms with van der Waals surface area (Å²) in [6, 6.07) is -0.138. The van der Waals surface area contributed by atoms with Gasteiger partial charge in [-0.2, -0.15) is 5.26 Å². The molecule has 0 bridgehead atoms. The Kier molecular flexibility index (Phi) is 5.40. The minimum Gasteiger partial charge on any atom is -0.360 e. The normalized spacial score (nSPS) is 33.8. The summed E-state index contributed by atoms with van der Waals surface area (Å²) in [5, 5.41) is 72.4. The maximum Gasteiger partial charge on any atom is 0.310 e. The molecular formula is C17H26N6O7. The molecule has 1 amide bonds. The second kappa shape index (κ2) is 7.20. The van der Waals surface area contributed by atoms with Crippen LogP contribution in [0.2, 0.25) is 0 Å². The summed E-state index contributed by atoms with van der Waals surface area (Å²) in [6.45, 7) is 1.70. The van der Waals surface area contributed by atoms with E-state index in [1.165, 1.54) is 31.3 Å². The van der Waals surface area contributed by atoms with E-state index in [-0.39, 0.29) is 10.8 Å². The van der Waals surface area contributed by atoms with Gasteiger partial charge >= 0.3 is 5.91 Å². The van der Waals surface area contributed by atoms with Crippen molar-refractivity contribution in [1.29, 1.82) is 5.26 Å². The number of rotatable bonds is 3. The predicted molar refractivity (Wildman–Crippen MR) is 99.7 cm³/mol. The van der Waals surface area contributed by atoms with Crippen molar-refractivity contribution in [3.8, 4) is 6.07 Å². The third-order valence-corrected chi connectivity index (χ3v) is 6.17. The quantitative estimate of drug-likeness (QED) is 0.245. The molecule has 6 N–H and O–H groups in total. The van der Waals surface area contributed by atoms with Crippen LogP contribution in [0.4, 0.5) is 0 Å². The lowest BCUT2D eigenvalue weighted by molar-refractivity contribution is -0.503. The van der Waals surface area contributed by atoms with Gasteiger partial charge in [-0.3, -0.25) is 14.7 Å². The number of amidine groups is 1. The van der Waals surface area contributed by atoms with Gasteiger partial charge in [-0.15, -0.1) is 0 Å². The Bertz CT molecular complexity index is 820. The van der Waals surface area contributed by atoms with E-state index in [2.05, 4.69) is 9.98 Å². The van der Waals surface area contributed by atoms with Gasteiger partial charge in [0.1, 0.15) is 12.3 Å². The number of likely N-dealkylation sites (N-methyl/N-ethyl adjacent to an activating group) is 1. The lowest BCUT2D eigenvalue weighted by Gasteiger charge is -2.60. The molecule has 0 aromatic rings. The molecular weight excluding hydrogens is 400 g/mol. The zero-order valence-corrected chi connectivity index (χ0v) is 16.8. The van der Waals surface area contributed by atoms with E-state index < -0.39 is 48.1 Å². The van der Waals surface area contributed by atoms with Crippen molar-refractivity contribution >= 4 is 18.1 Å². The zero-order chi connectivity index (χ0) is 22.6. The molecule has 0 spiro atoms. The molecule has 4 unspecified atom stereocenters. The Morgan fingerprint density at radius 3 is 2.57 bits per heavy atom. The first-order valence-corrected chi connectivity index (χ1v) is 9.36. The number of likely N-dealkylation sites (tertiary alicyclic amines) is 1. The molecule has 3 heterocycles. The number of amides is 1. The smallest absolute Gasteiger partial charge is 0.310 e. The summed E-state index contributed by atoms with van der Waals surface area (Å²) >= 11 is 0. The first kappa shape index (κ1) is 22.5. The number of carbonyl (C=O) groups is 1. The molecule has 0 aliphatic carbocycles. The molecule has 3 aliphatic rings. The van der Waals surface area contributed by atoms with Crippen LogP contribution in [-0.2, 0) is 4.79 Å². The first-order valence-electron chi connectivity index (χ1n) is 9.36. The van der Waals surface area contributed by atoms with E-state index in [9.17, 15) is 35.4 Å². The van der Waals surface area contributed by atoms with Crippen molar-refractivity contribution in [1.82, 2.24) is 14.7 Å². The number of nitriles is 1. The maximum absolute atomic E-state index is 12.4. The fourth-order valence-corrected chi connectivity index (χ4v) is 4.74. The van der Waals surface area contributed by atoms with E-state index >= 15 is 0 Å². The summed E-state index contributed by atoms with van der Waals surface area (Å²) in [4.78, 5) is 23.7. The Labute approximate surface area is 172 Å². The Hall–Kier alpha value is -2.18. The summed E-state index contributed by atoms with van der Waals surface area (Å²) in [6.07, 6.45) is 0.588. The van der Waals surface area contributed by atoms with Gasteiger partial charge in [0.2, 0.25) is 11.7 Å². The molecule has 3 rings (SSSR count). The molecule has 3 aliphatic heterocycles. The van der Waals surface area contributed by atoms with E-state index in [1.807, 2.05) is 0 Å². The van der Waals surface area contributed by atoms with Crippen molar-refractivity contribution in [3.05, 3.63) is 0 Å². The van der Waals surface area contributed by atoms with Crippen molar-refractivity contribution < 1.29 is 35.4 Å². The Balaban J connectivity index is 2.08. The Morgan fingerprint density at radius 1 is 1.33 bits per heavy atom. The number of hydrogen-bond donors (Lipinski definition) is 6. The van der Waals surface area contributed by atoms with Crippen LogP contribution in [0.25, 0.3) is 0 Å². The number of aliphatic hydroxyl groups is 6. The van der Waals surface area contributed by atoms with Crippen LogP contribution in [0.15, 0.2) is 9.98 Å². The first-order chi connectivity index (χ1) is 13.8. The van der Waals surface area contributed by atoms with Gasteiger partial charge in [-0.25, -0.2) is 9.89 Å². The maximum atomic E-state index is 12.4. The lowest BCUT2D eigenvalue weighted by Crippen LogP contribution is -2.85. The largest absolute Gasteiger partial charge is 0.360 e. The minimum absolute atomic E-state index is 0.238. The highest BCUT2D eigenvalue weighted by Crippen LogP contribution is 2.46. The monoisotopic (exact) mass is 426 g/mol. The average Bonchev–Trinajstić information content (AvgIpc) is 3.08. The van der Waals surface area contributed by atoms with Crippen LogP contribution >= 0.6 is 0 Å². The van der Waals surface area contributed by atoms with Crippen LogP contribution in [0.1, 0.15) is 19.8 Å². The zero-order valence-electron chi connectivity index (χ0n) is 16.8. The second-order valence-electron chi connectivity index (χ2n) is 7.97. The van der Waals surface area contributed by atoms with Gasteiger partial charge in [0.25, 0.3) is 5.91 Å². The number of carbonyl (C=O) groups excluding carboxylic acids is 1. The van der Waals surface area contributed by atoms with Crippen LogP contribution in [0.3, 0.4) is 0 Å². The molecule has 13 nitrogen and oxygen atoms in total. The number of aliphatic imine (C=N–C) groups is 2. The van der Waals surface area contributed by atoms with Gasteiger partial charge < -0.3 is 35.5 Å². The van der Waals surface area contributed by atoms with Crippen LogP contribution in [0, 0.1) is 23.2 Å². The Morgan fingerprint density at radius 2 is 1.97 bits per heavy atom.